The number of hydrogen-bond acceptors (Lipinski definition) is 3. The van der Waals surface area contributed by atoms with Gasteiger partial charge < -0.3 is 14.7 Å². The van der Waals surface area contributed by atoms with Crippen LogP contribution in [0.1, 0.15) is 18.4 Å². The summed E-state index contributed by atoms with van der Waals surface area (Å²) in [5, 5.41) is 10.2. The van der Waals surface area contributed by atoms with Crippen LogP contribution in [0, 0.1) is 5.92 Å². The third kappa shape index (κ3) is 2.45. The molecule has 1 saturated carbocycles. The van der Waals surface area contributed by atoms with E-state index >= 15 is 0 Å². The van der Waals surface area contributed by atoms with Crippen molar-refractivity contribution >= 4 is 5.91 Å². The maximum atomic E-state index is 12.1. The van der Waals surface area contributed by atoms with Crippen molar-refractivity contribution < 1.29 is 14.6 Å². The summed E-state index contributed by atoms with van der Waals surface area (Å²) in [7, 11) is 1.62. The summed E-state index contributed by atoms with van der Waals surface area (Å²) in [6, 6.07) is 7.53. The van der Waals surface area contributed by atoms with Crippen LogP contribution in [0.3, 0.4) is 0 Å². The first-order valence-corrected chi connectivity index (χ1v) is 6.74. The molecule has 1 saturated heterocycles. The fraction of sp³-hybridized carbons (Fsp3) is 0.533. The van der Waals surface area contributed by atoms with Crippen molar-refractivity contribution in [1.82, 2.24) is 4.90 Å². The molecule has 1 amide bonds. The summed E-state index contributed by atoms with van der Waals surface area (Å²) >= 11 is 0. The highest BCUT2D eigenvalue weighted by molar-refractivity contribution is 5.80. The third-order valence-electron chi connectivity index (χ3n) is 4.13. The molecule has 1 aromatic carbocycles. The van der Waals surface area contributed by atoms with E-state index in [1.165, 1.54) is 0 Å². The molecule has 1 heterocycles. The lowest BCUT2D eigenvalue weighted by Crippen LogP contribution is -2.65. The molecular formula is C15H19NO3. The first kappa shape index (κ1) is 12.5. The minimum absolute atomic E-state index is 0.0930. The standard InChI is InChI=1S/C15H19NO3/c1-19-13-6-2-11(3-7-13)8-14(17)16-9-15(18,10-16)12-4-5-12/h2-3,6-7,12,18H,4-5,8-10H2,1H3. The molecule has 0 aromatic heterocycles. The van der Waals surface area contributed by atoms with Gasteiger partial charge in [-0.25, -0.2) is 0 Å². The van der Waals surface area contributed by atoms with Crippen LogP contribution in [0.2, 0.25) is 0 Å². The van der Waals surface area contributed by atoms with E-state index < -0.39 is 5.60 Å². The van der Waals surface area contributed by atoms with Crippen LogP contribution in [0.4, 0.5) is 0 Å². The molecule has 19 heavy (non-hydrogen) atoms. The first-order valence-electron chi connectivity index (χ1n) is 6.74. The second kappa shape index (κ2) is 4.53. The van der Waals surface area contributed by atoms with Gasteiger partial charge in [0.15, 0.2) is 0 Å². The monoisotopic (exact) mass is 261 g/mol. The molecule has 0 spiro atoms. The van der Waals surface area contributed by atoms with Crippen molar-refractivity contribution in [2.45, 2.75) is 24.9 Å². The minimum Gasteiger partial charge on any atom is -0.497 e. The second-order valence-electron chi connectivity index (χ2n) is 5.65. The third-order valence-corrected chi connectivity index (χ3v) is 4.13. The Morgan fingerprint density at radius 2 is 2.00 bits per heavy atom. The van der Waals surface area contributed by atoms with Crippen molar-refractivity contribution in [3.63, 3.8) is 0 Å². The van der Waals surface area contributed by atoms with Gasteiger partial charge in [-0.2, -0.15) is 0 Å². The van der Waals surface area contributed by atoms with E-state index in [0.29, 0.717) is 25.4 Å². The van der Waals surface area contributed by atoms with E-state index in [9.17, 15) is 9.90 Å². The normalized spacial score (nSPS) is 20.8. The van der Waals surface area contributed by atoms with Gasteiger partial charge in [-0.3, -0.25) is 4.79 Å². The summed E-state index contributed by atoms with van der Waals surface area (Å²) in [4.78, 5) is 13.8. The smallest absolute Gasteiger partial charge is 0.227 e. The Kier molecular flexibility index (Phi) is 2.97. The number of likely N-dealkylation sites (tertiary alicyclic amines) is 1. The summed E-state index contributed by atoms with van der Waals surface area (Å²) in [6.07, 6.45) is 2.61. The lowest BCUT2D eigenvalue weighted by Gasteiger charge is -2.47. The Bertz CT molecular complexity index is 473. The zero-order valence-corrected chi connectivity index (χ0v) is 11.1. The lowest BCUT2D eigenvalue weighted by molar-refractivity contribution is -0.158. The highest BCUT2D eigenvalue weighted by Crippen LogP contribution is 2.44. The Morgan fingerprint density at radius 1 is 1.37 bits per heavy atom. The van der Waals surface area contributed by atoms with E-state index in [2.05, 4.69) is 0 Å². The van der Waals surface area contributed by atoms with Gasteiger partial charge in [0.05, 0.1) is 26.6 Å². The van der Waals surface area contributed by atoms with Crippen LogP contribution >= 0.6 is 0 Å². The van der Waals surface area contributed by atoms with Gasteiger partial charge in [-0.05, 0) is 36.5 Å². The number of carbonyl (C=O) groups is 1. The number of rotatable bonds is 4. The molecule has 2 aliphatic rings. The van der Waals surface area contributed by atoms with Crippen molar-refractivity contribution in [2.24, 2.45) is 5.92 Å². The number of hydrogen-bond donors (Lipinski definition) is 1. The van der Waals surface area contributed by atoms with E-state index in [1.54, 1.807) is 12.0 Å². The Balaban J connectivity index is 1.54. The maximum Gasteiger partial charge on any atom is 0.227 e. The zero-order valence-electron chi connectivity index (χ0n) is 11.1. The fourth-order valence-electron chi connectivity index (χ4n) is 2.70. The van der Waals surface area contributed by atoms with Crippen LogP contribution in [-0.2, 0) is 11.2 Å². The Labute approximate surface area is 113 Å². The van der Waals surface area contributed by atoms with Crippen molar-refractivity contribution in [3.05, 3.63) is 29.8 Å². The quantitative estimate of drug-likeness (QED) is 0.886. The predicted molar refractivity (Wildman–Crippen MR) is 71.0 cm³/mol. The van der Waals surface area contributed by atoms with Gasteiger partial charge in [0.2, 0.25) is 5.91 Å². The maximum absolute atomic E-state index is 12.1. The molecule has 1 aromatic rings. The summed E-state index contributed by atoms with van der Waals surface area (Å²) < 4.78 is 5.09. The number of benzene rings is 1. The molecule has 3 rings (SSSR count). The van der Waals surface area contributed by atoms with Gasteiger partial charge in [0.25, 0.3) is 0 Å². The molecule has 0 atom stereocenters. The van der Waals surface area contributed by atoms with Crippen LogP contribution in [0.15, 0.2) is 24.3 Å². The average molecular weight is 261 g/mol. The number of carbonyl (C=O) groups excluding carboxylic acids is 1. The van der Waals surface area contributed by atoms with Crippen molar-refractivity contribution in [2.75, 3.05) is 20.2 Å². The molecule has 0 bridgehead atoms. The zero-order chi connectivity index (χ0) is 13.5. The molecule has 4 heteroatoms. The van der Waals surface area contributed by atoms with E-state index in [1.807, 2.05) is 24.3 Å². The van der Waals surface area contributed by atoms with Crippen LogP contribution in [0.5, 0.6) is 5.75 Å². The lowest BCUT2D eigenvalue weighted by atomic mass is 9.88. The Hall–Kier alpha value is -1.55. The number of nitrogens with zero attached hydrogens (tertiary/aromatic N) is 1. The highest BCUT2D eigenvalue weighted by atomic mass is 16.5. The number of amides is 1. The molecule has 0 radical (unpaired) electrons. The number of aliphatic hydroxyl groups is 1. The largest absolute Gasteiger partial charge is 0.497 e. The average Bonchev–Trinajstić information content (AvgIpc) is 3.20. The highest BCUT2D eigenvalue weighted by Gasteiger charge is 2.53. The molecule has 1 N–H and O–H groups in total. The molecule has 2 fully saturated rings. The molecule has 4 nitrogen and oxygen atoms in total. The molecule has 0 unspecified atom stereocenters. The van der Waals surface area contributed by atoms with Crippen molar-refractivity contribution in [1.29, 1.82) is 0 Å². The van der Waals surface area contributed by atoms with Crippen LogP contribution in [-0.4, -0.2) is 41.7 Å². The number of β-amino-alcohol motifs (C(OH)–C–C–N with tert-alkyl or cyclic N) is 1. The topological polar surface area (TPSA) is 49.8 Å². The minimum atomic E-state index is -0.588. The number of methoxy groups -OCH3 is 1. The molecule has 1 aliphatic carbocycles. The SMILES string of the molecule is COc1ccc(CC(=O)N2CC(O)(C3CC3)C2)cc1. The van der Waals surface area contributed by atoms with Crippen LogP contribution in [0.25, 0.3) is 0 Å². The Morgan fingerprint density at radius 3 is 2.53 bits per heavy atom. The van der Waals surface area contributed by atoms with Crippen molar-refractivity contribution in [3.8, 4) is 5.75 Å². The second-order valence-corrected chi connectivity index (χ2v) is 5.65. The van der Waals surface area contributed by atoms with E-state index in [0.717, 1.165) is 24.2 Å². The van der Waals surface area contributed by atoms with E-state index in [-0.39, 0.29) is 5.91 Å². The molecule has 1 aliphatic heterocycles. The summed E-state index contributed by atoms with van der Waals surface area (Å²) in [5.41, 5.74) is 0.392. The molecular weight excluding hydrogens is 242 g/mol. The fourth-order valence-corrected chi connectivity index (χ4v) is 2.70. The number of ether oxygens (including phenoxy) is 1. The summed E-state index contributed by atoms with van der Waals surface area (Å²) in [5.74, 6) is 1.32. The van der Waals surface area contributed by atoms with Gasteiger partial charge in [-0.1, -0.05) is 12.1 Å². The first-order chi connectivity index (χ1) is 9.10. The molecule has 102 valence electrons. The van der Waals surface area contributed by atoms with Crippen LogP contribution < -0.4 is 4.74 Å². The van der Waals surface area contributed by atoms with Gasteiger partial charge in [-0.15, -0.1) is 0 Å². The predicted octanol–water partition coefficient (Wildman–Crippen LogP) is 1.22. The van der Waals surface area contributed by atoms with Gasteiger partial charge in [0, 0.05) is 0 Å². The summed E-state index contributed by atoms with van der Waals surface area (Å²) in [6.45, 7) is 1.01. The van der Waals surface area contributed by atoms with Gasteiger partial charge >= 0.3 is 0 Å². The van der Waals surface area contributed by atoms with Gasteiger partial charge in [0.1, 0.15) is 11.4 Å². The van der Waals surface area contributed by atoms with E-state index in [4.69, 9.17) is 4.74 Å².